The molecule has 32 heavy (non-hydrogen) atoms. The molecule has 2 aromatic heterocycles. The molecule has 0 spiro atoms. The summed E-state index contributed by atoms with van der Waals surface area (Å²) in [6, 6.07) is 4.93. The van der Waals surface area contributed by atoms with Crippen molar-refractivity contribution in [1.82, 2.24) is 15.0 Å². The highest BCUT2D eigenvalue weighted by atomic mass is 32.2. The van der Waals surface area contributed by atoms with Gasteiger partial charge in [0.25, 0.3) is 0 Å². The summed E-state index contributed by atoms with van der Waals surface area (Å²) >= 11 is 2.43. The van der Waals surface area contributed by atoms with Gasteiger partial charge in [-0.05, 0) is 43.7 Å². The summed E-state index contributed by atoms with van der Waals surface area (Å²) in [5.74, 6) is -0.995. The van der Waals surface area contributed by atoms with E-state index in [1.54, 1.807) is 12.3 Å². The minimum atomic E-state index is -1.09. The molecule has 1 aliphatic rings. The first-order valence-corrected chi connectivity index (χ1v) is 11.7. The lowest BCUT2D eigenvalue weighted by molar-refractivity contribution is 0.0690. The molecule has 2 heterocycles. The summed E-state index contributed by atoms with van der Waals surface area (Å²) in [7, 11) is 0. The highest BCUT2D eigenvalue weighted by molar-refractivity contribution is 8.01. The van der Waals surface area contributed by atoms with Gasteiger partial charge in [0.2, 0.25) is 0 Å². The Labute approximate surface area is 192 Å². The number of aromatic carboxylic acids is 1. The standard InChI is InChI=1S/C21H21N5O4S2/c1-11-6-7-14(13(8-11)17(27)12-4-2-3-5-12)24-19(30)26-21-23-10-16(32-21)31-20-22-9-15(25-20)18(28)29/h6-10,12H,2-5H2,1H3,(H,22,25)(H,28,29)(H2,23,24,26,30). The van der Waals surface area contributed by atoms with Crippen LogP contribution in [0.2, 0.25) is 0 Å². The molecule has 2 amide bonds. The summed E-state index contributed by atoms with van der Waals surface area (Å²) in [5.41, 5.74) is 1.97. The fraction of sp³-hybridized carbons (Fsp3) is 0.286. The van der Waals surface area contributed by atoms with E-state index in [0.29, 0.717) is 21.5 Å². The topological polar surface area (TPSA) is 137 Å². The number of carboxylic acid groups (broad SMARTS) is 1. The van der Waals surface area contributed by atoms with Gasteiger partial charge in [-0.15, -0.1) is 0 Å². The van der Waals surface area contributed by atoms with Crippen molar-refractivity contribution in [3.63, 3.8) is 0 Å². The Morgan fingerprint density at radius 2 is 1.94 bits per heavy atom. The van der Waals surface area contributed by atoms with Crippen LogP contribution in [0.4, 0.5) is 15.6 Å². The van der Waals surface area contributed by atoms with E-state index in [9.17, 15) is 14.4 Å². The molecule has 4 N–H and O–H groups in total. The van der Waals surface area contributed by atoms with Gasteiger partial charge in [-0.3, -0.25) is 10.1 Å². The largest absolute Gasteiger partial charge is 0.477 e. The number of amides is 2. The fourth-order valence-electron chi connectivity index (χ4n) is 3.55. The number of hydrogen-bond donors (Lipinski definition) is 4. The van der Waals surface area contributed by atoms with Crippen LogP contribution in [0.1, 0.15) is 52.1 Å². The molecule has 0 radical (unpaired) electrons. The van der Waals surface area contributed by atoms with E-state index in [1.807, 2.05) is 19.1 Å². The Bertz CT molecular complexity index is 1170. The van der Waals surface area contributed by atoms with Crippen molar-refractivity contribution in [3.05, 3.63) is 47.4 Å². The van der Waals surface area contributed by atoms with Gasteiger partial charge in [-0.25, -0.2) is 19.6 Å². The third-order valence-corrected chi connectivity index (χ3v) is 7.01. The van der Waals surface area contributed by atoms with E-state index >= 15 is 0 Å². The molecule has 1 aliphatic carbocycles. The number of aryl methyl sites for hydroxylation is 1. The lowest BCUT2D eigenvalue weighted by Gasteiger charge is -2.14. The number of aromatic nitrogens is 3. The van der Waals surface area contributed by atoms with Crippen molar-refractivity contribution in [2.24, 2.45) is 5.92 Å². The van der Waals surface area contributed by atoms with Gasteiger partial charge < -0.3 is 15.4 Å². The van der Waals surface area contributed by atoms with Crippen LogP contribution in [0.3, 0.4) is 0 Å². The van der Waals surface area contributed by atoms with Crippen LogP contribution >= 0.6 is 23.1 Å². The van der Waals surface area contributed by atoms with Crippen molar-refractivity contribution in [2.75, 3.05) is 10.6 Å². The number of aromatic amines is 1. The number of ketones is 1. The van der Waals surface area contributed by atoms with E-state index in [2.05, 4.69) is 25.6 Å². The van der Waals surface area contributed by atoms with Gasteiger partial charge in [0, 0.05) is 11.5 Å². The van der Waals surface area contributed by atoms with Gasteiger partial charge >= 0.3 is 12.0 Å². The SMILES string of the molecule is Cc1ccc(NC(=O)Nc2ncc(Sc3ncc(C(=O)O)[nH]3)s2)c(C(=O)C2CCCC2)c1. The Hall–Kier alpha value is -3.18. The van der Waals surface area contributed by atoms with Crippen LogP contribution < -0.4 is 10.6 Å². The number of H-pyrrole nitrogens is 1. The van der Waals surface area contributed by atoms with Crippen LogP contribution in [0.25, 0.3) is 0 Å². The molecule has 0 aliphatic heterocycles. The molecular weight excluding hydrogens is 450 g/mol. The summed E-state index contributed by atoms with van der Waals surface area (Å²) < 4.78 is 0.721. The van der Waals surface area contributed by atoms with E-state index in [0.717, 1.165) is 35.5 Å². The zero-order valence-electron chi connectivity index (χ0n) is 17.2. The first kappa shape index (κ1) is 22.0. The molecule has 9 nitrogen and oxygen atoms in total. The Morgan fingerprint density at radius 3 is 2.66 bits per heavy atom. The summed E-state index contributed by atoms with van der Waals surface area (Å²) in [5, 5.41) is 15.2. The van der Waals surface area contributed by atoms with E-state index < -0.39 is 12.0 Å². The van der Waals surface area contributed by atoms with Gasteiger partial charge in [0.15, 0.2) is 16.1 Å². The van der Waals surface area contributed by atoms with Crippen molar-refractivity contribution >= 4 is 51.7 Å². The van der Waals surface area contributed by atoms with Crippen LogP contribution in [-0.4, -0.2) is 37.8 Å². The number of imidazole rings is 1. The first-order chi connectivity index (χ1) is 15.4. The molecule has 1 saturated carbocycles. The molecule has 0 unspecified atom stereocenters. The van der Waals surface area contributed by atoms with Crippen molar-refractivity contribution in [1.29, 1.82) is 0 Å². The summed E-state index contributed by atoms with van der Waals surface area (Å²) in [4.78, 5) is 47.3. The number of benzene rings is 1. The number of nitrogens with zero attached hydrogens (tertiary/aromatic N) is 2. The highest BCUT2D eigenvalue weighted by Gasteiger charge is 2.26. The molecule has 1 fully saturated rings. The maximum atomic E-state index is 13.0. The molecular formula is C21H21N5O4S2. The molecule has 3 aromatic rings. The van der Waals surface area contributed by atoms with Gasteiger partial charge in [0.1, 0.15) is 5.69 Å². The monoisotopic (exact) mass is 471 g/mol. The quantitative estimate of drug-likeness (QED) is 0.354. The summed E-state index contributed by atoms with van der Waals surface area (Å²) in [6.45, 7) is 1.92. The van der Waals surface area contributed by atoms with Crippen LogP contribution in [0.15, 0.2) is 40.0 Å². The van der Waals surface area contributed by atoms with Gasteiger partial charge in [-0.1, -0.05) is 35.8 Å². The zero-order chi connectivity index (χ0) is 22.7. The number of hydrogen-bond acceptors (Lipinski definition) is 7. The average molecular weight is 472 g/mol. The number of carbonyl (C=O) groups excluding carboxylic acids is 2. The van der Waals surface area contributed by atoms with Crippen LogP contribution in [0.5, 0.6) is 0 Å². The van der Waals surface area contributed by atoms with Crippen molar-refractivity contribution < 1.29 is 19.5 Å². The van der Waals surface area contributed by atoms with Crippen molar-refractivity contribution in [2.45, 2.75) is 42.0 Å². The maximum Gasteiger partial charge on any atom is 0.353 e. The first-order valence-electron chi connectivity index (χ1n) is 10.0. The molecule has 0 saturated heterocycles. The van der Waals surface area contributed by atoms with Crippen molar-refractivity contribution in [3.8, 4) is 0 Å². The Kier molecular flexibility index (Phi) is 6.56. The average Bonchev–Trinajstić information content (AvgIpc) is 3.51. The lowest BCUT2D eigenvalue weighted by Crippen LogP contribution is -2.22. The molecule has 11 heteroatoms. The predicted molar refractivity (Wildman–Crippen MR) is 122 cm³/mol. The number of Topliss-reactive ketones (excluding diaryl/α,β-unsaturated/α-hetero) is 1. The Balaban J connectivity index is 1.41. The minimum Gasteiger partial charge on any atom is -0.477 e. The molecule has 166 valence electrons. The van der Waals surface area contributed by atoms with Gasteiger partial charge in [-0.2, -0.15) is 0 Å². The number of nitrogens with one attached hydrogen (secondary N) is 3. The number of carboxylic acids is 1. The number of urea groups is 1. The molecule has 1 aromatic carbocycles. The molecule has 0 atom stereocenters. The number of anilines is 2. The smallest absolute Gasteiger partial charge is 0.353 e. The van der Waals surface area contributed by atoms with Crippen LogP contribution in [-0.2, 0) is 0 Å². The van der Waals surface area contributed by atoms with Crippen LogP contribution in [0, 0.1) is 12.8 Å². The fourth-order valence-corrected chi connectivity index (χ4v) is 5.30. The number of thiazole rings is 1. The zero-order valence-corrected chi connectivity index (χ0v) is 18.8. The second-order valence-electron chi connectivity index (χ2n) is 7.47. The Morgan fingerprint density at radius 1 is 1.16 bits per heavy atom. The normalized spacial score (nSPS) is 13.8. The van der Waals surface area contributed by atoms with E-state index in [-0.39, 0.29) is 17.4 Å². The number of rotatable bonds is 7. The van der Waals surface area contributed by atoms with Gasteiger partial charge in [0.05, 0.1) is 22.3 Å². The predicted octanol–water partition coefficient (Wildman–Crippen LogP) is 5.04. The lowest BCUT2D eigenvalue weighted by atomic mass is 9.94. The summed E-state index contributed by atoms with van der Waals surface area (Å²) in [6.07, 6.45) is 6.71. The minimum absolute atomic E-state index is 0.00389. The van der Waals surface area contributed by atoms with E-state index in [1.165, 1.54) is 29.3 Å². The highest BCUT2D eigenvalue weighted by Crippen LogP contribution is 2.33. The third-order valence-electron chi connectivity index (χ3n) is 5.10. The molecule has 0 bridgehead atoms. The number of carbonyl (C=O) groups is 3. The second-order valence-corrected chi connectivity index (χ2v) is 9.79. The molecule has 4 rings (SSSR count). The second kappa shape index (κ2) is 9.53. The third kappa shape index (κ3) is 5.17. The maximum absolute atomic E-state index is 13.0. The van der Waals surface area contributed by atoms with E-state index in [4.69, 9.17) is 5.11 Å².